The van der Waals surface area contributed by atoms with Crippen LogP contribution in [0.3, 0.4) is 0 Å². The van der Waals surface area contributed by atoms with Gasteiger partial charge in [-0.15, -0.1) is 0 Å². The molecule has 0 aromatic carbocycles. The Morgan fingerprint density at radius 1 is 1.67 bits per heavy atom. The van der Waals surface area contributed by atoms with Gasteiger partial charge in [-0.2, -0.15) is 5.26 Å². The summed E-state index contributed by atoms with van der Waals surface area (Å²) in [7, 11) is 1.50. The highest BCUT2D eigenvalue weighted by Gasteiger charge is 2.18. The molecule has 0 spiro atoms. The first-order valence-corrected chi connectivity index (χ1v) is 5.31. The fourth-order valence-corrected chi connectivity index (χ4v) is 1.34. The van der Waals surface area contributed by atoms with Crippen molar-refractivity contribution in [1.82, 2.24) is 9.97 Å². The average Bonchev–Trinajstić information content (AvgIpc) is 2.33. The molecular formula is C11H14N4O3. The number of nitrogens with zero attached hydrogens (tertiary/aromatic N) is 3. The average molecular weight is 250 g/mol. The third-order valence-electron chi connectivity index (χ3n) is 2.18. The van der Waals surface area contributed by atoms with Crippen molar-refractivity contribution in [3.63, 3.8) is 0 Å². The molecule has 1 atom stereocenters. The summed E-state index contributed by atoms with van der Waals surface area (Å²) >= 11 is 0. The monoisotopic (exact) mass is 250 g/mol. The molecule has 0 amide bonds. The predicted octanol–water partition coefficient (Wildman–Crippen LogP) is 0.558. The van der Waals surface area contributed by atoms with E-state index in [9.17, 15) is 4.79 Å². The number of ether oxygens (including phenoxy) is 1. The number of nitrogens with one attached hydrogen (secondary N) is 1. The number of aliphatic carboxylic acids is 1. The SMILES string of the molecule is COCCC(Nc1nc(C)cc(C#N)n1)C(=O)O. The molecule has 0 aliphatic carbocycles. The molecule has 1 aromatic heterocycles. The van der Waals surface area contributed by atoms with Gasteiger partial charge in [-0.3, -0.25) is 0 Å². The molecule has 1 rings (SSSR count). The molecule has 0 bridgehead atoms. The molecule has 1 heterocycles. The number of hydrogen-bond donors (Lipinski definition) is 2. The number of anilines is 1. The van der Waals surface area contributed by atoms with Crippen molar-refractivity contribution in [3.8, 4) is 6.07 Å². The molecule has 2 N–H and O–H groups in total. The number of aryl methyl sites for hydroxylation is 1. The van der Waals surface area contributed by atoms with Gasteiger partial charge in [0.15, 0.2) is 0 Å². The number of rotatable bonds is 6. The standard InChI is InChI=1S/C11H14N4O3/c1-7-5-8(6-12)14-11(13-7)15-9(10(16)17)3-4-18-2/h5,9H,3-4H2,1-2H3,(H,16,17)(H,13,14,15). The number of methoxy groups -OCH3 is 1. The van der Waals surface area contributed by atoms with Crippen LogP contribution in [0.1, 0.15) is 17.8 Å². The van der Waals surface area contributed by atoms with E-state index in [0.717, 1.165) is 0 Å². The lowest BCUT2D eigenvalue weighted by molar-refractivity contribution is -0.138. The Bertz CT molecular complexity index is 470. The molecule has 7 nitrogen and oxygen atoms in total. The second-order valence-electron chi connectivity index (χ2n) is 3.65. The number of carbonyl (C=O) groups is 1. The second kappa shape index (κ2) is 6.51. The van der Waals surface area contributed by atoms with E-state index in [-0.39, 0.29) is 18.1 Å². The van der Waals surface area contributed by atoms with Gasteiger partial charge in [-0.05, 0) is 13.0 Å². The van der Waals surface area contributed by atoms with E-state index >= 15 is 0 Å². The quantitative estimate of drug-likeness (QED) is 0.759. The molecule has 0 aliphatic rings. The molecule has 0 aliphatic heterocycles. The molecular weight excluding hydrogens is 236 g/mol. The molecule has 1 aromatic rings. The highest BCUT2D eigenvalue weighted by Crippen LogP contribution is 2.07. The Hall–Kier alpha value is -2.20. The summed E-state index contributed by atoms with van der Waals surface area (Å²) in [5.41, 5.74) is 0.792. The highest BCUT2D eigenvalue weighted by atomic mass is 16.5. The minimum Gasteiger partial charge on any atom is -0.480 e. The summed E-state index contributed by atoms with van der Waals surface area (Å²) < 4.78 is 4.83. The Kier molecular flexibility index (Phi) is 5.02. The van der Waals surface area contributed by atoms with E-state index in [0.29, 0.717) is 12.3 Å². The fourth-order valence-electron chi connectivity index (χ4n) is 1.34. The topological polar surface area (TPSA) is 108 Å². The lowest BCUT2D eigenvalue weighted by atomic mass is 10.2. The second-order valence-corrected chi connectivity index (χ2v) is 3.65. The van der Waals surface area contributed by atoms with Crippen molar-refractivity contribution < 1.29 is 14.6 Å². The fraction of sp³-hybridized carbons (Fsp3) is 0.455. The van der Waals surface area contributed by atoms with Gasteiger partial charge in [0.05, 0.1) is 0 Å². The maximum absolute atomic E-state index is 11.0. The lowest BCUT2D eigenvalue weighted by Crippen LogP contribution is -2.31. The van der Waals surface area contributed by atoms with E-state index in [1.807, 2.05) is 6.07 Å². The minimum absolute atomic E-state index is 0.134. The van der Waals surface area contributed by atoms with Gasteiger partial charge < -0.3 is 15.2 Å². The largest absolute Gasteiger partial charge is 0.480 e. The van der Waals surface area contributed by atoms with Gasteiger partial charge in [-0.25, -0.2) is 14.8 Å². The van der Waals surface area contributed by atoms with Gasteiger partial charge in [0, 0.05) is 25.8 Å². The van der Waals surface area contributed by atoms with Crippen LogP contribution in [0, 0.1) is 18.3 Å². The van der Waals surface area contributed by atoms with Crippen molar-refractivity contribution in [2.45, 2.75) is 19.4 Å². The van der Waals surface area contributed by atoms with E-state index in [1.54, 1.807) is 6.92 Å². The first-order valence-electron chi connectivity index (χ1n) is 5.31. The zero-order chi connectivity index (χ0) is 13.5. The van der Waals surface area contributed by atoms with Crippen LogP contribution in [0.5, 0.6) is 0 Å². The molecule has 18 heavy (non-hydrogen) atoms. The van der Waals surface area contributed by atoms with Crippen LogP contribution in [0.4, 0.5) is 5.95 Å². The molecule has 0 fully saturated rings. The summed E-state index contributed by atoms with van der Waals surface area (Å²) in [5.74, 6) is -0.884. The van der Waals surface area contributed by atoms with Gasteiger partial charge >= 0.3 is 5.97 Å². The van der Waals surface area contributed by atoms with Crippen molar-refractivity contribution in [2.24, 2.45) is 0 Å². The molecule has 96 valence electrons. The van der Waals surface area contributed by atoms with Gasteiger partial charge in [0.2, 0.25) is 5.95 Å². The third-order valence-corrected chi connectivity index (χ3v) is 2.18. The van der Waals surface area contributed by atoms with Crippen LogP contribution in [0.25, 0.3) is 0 Å². The molecule has 1 unspecified atom stereocenters. The summed E-state index contributed by atoms with van der Waals surface area (Å²) in [5, 5.41) is 20.5. The Morgan fingerprint density at radius 3 is 2.94 bits per heavy atom. The summed E-state index contributed by atoms with van der Waals surface area (Å²) in [4.78, 5) is 18.9. The Labute approximate surface area is 104 Å². The summed E-state index contributed by atoms with van der Waals surface area (Å²) in [6, 6.07) is 2.57. The van der Waals surface area contributed by atoms with Crippen molar-refractivity contribution in [1.29, 1.82) is 5.26 Å². The first-order chi connectivity index (χ1) is 8.56. The Balaban J connectivity index is 2.83. The van der Waals surface area contributed by atoms with Crippen molar-refractivity contribution in [3.05, 3.63) is 17.5 Å². The molecule has 0 radical (unpaired) electrons. The van der Waals surface area contributed by atoms with E-state index in [1.165, 1.54) is 13.2 Å². The summed E-state index contributed by atoms with van der Waals surface area (Å²) in [6.45, 7) is 2.01. The van der Waals surface area contributed by atoms with Crippen LogP contribution in [0.15, 0.2) is 6.07 Å². The number of aromatic nitrogens is 2. The molecule has 7 heteroatoms. The van der Waals surface area contributed by atoms with E-state index < -0.39 is 12.0 Å². The zero-order valence-electron chi connectivity index (χ0n) is 10.2. The predicted molar refractivity (Wildman–Crippen MR) is 63.0 cm³/mol. The highest BCUT2D eigenvalue weighted by molar-refractivity contribution is 5.76. The van der Waals surface area contributed by atoms with Gasteiger partial charge in [-0.1, -0.05) is 0 Å². The number of hydrogen-bond acceptors (Lipinski definition) is 6. The maximum atomic E-state index is 11.0. The van der Waals surface area contributed by atoms with Crippen molar-refractivity contribution >= 4 is 11.9 Å². The number of carboxylic acids is 1. The minimum atomic E-state index is -1.02. The third kappa shape index (κ3) is 3.99. The Morgan fingerprint density at radius 2 is 2.39 bits per heavy atom. The molecule has 0 saturated carbocycles. The van der Waals surface area contributed by atoms with Crippen LogP contribution in [-0.2, 0) is 9.53 Å². The van der Waals surface area contributed by atoms with E-state index in [2.05, 4.69) is 15.3 Å². The van der Waals surface area contributed by atoms with Gasteiger partial charge in [0.1, 0.15) is 17.8 Å². The van der Waals surface area contributed by atoms with Crippen LogP contribution in [0.2, 0.25) is 0 Å². The maximum Gasteiger partial charge on any atom is 0.326 e. The first kappa shape index (κ1) is 13.9. The van der Waals surface area contributed by atoms with Crippen LogP contribution in [-0.4, -0.2) is 40.8 Å². The van der Waals surface area contributed by atoms with E-state index in [4.69, 9.17) is 15.1 Å². The lowest BCUT2D eigenvalue weighted by Gasteiger charge is -2.14. The number of nitriles is 1. The van der Waals surface area contributed by atoms with Crippen LogP contribution >= 0.6 is 0 Å². The zero-order valence-corrected chi connectivity index (χ0v) is 10.2. The molecule has 0 saturated heterocycles. The summed E-state index contributed by atoms with van der Waals surface area (Å²) in [6.07, 6.45) is 0.283. The van der Waals surface area contributed by atoms with Gasteiger partial charge in [0.25, 0.3) is 0 Å². The van der Waals surface area contributed by atoms with Crippen molar-refractivity contribution in [2.75, 3.05) is 19.0 Å². The normalized spacial score (nSPS) is 11.6. The number of carboxylic acid groups (broad SMARTS) is 1. The van der Waals surface area contributed by atoms with Crippen LogP contribution < -0.4 is 5.32 Å². The smallest absolute Gasteiger partial charge is 0.326 e.